The highest BCUT2D eigenvalue weighted by Crippen LogP contribution is 2.20. The molecule has 0 aliphatic heterocycles. The first-order valence-corrected chi connectivity index (χ1v) is 9.74. The Balaban J connectivity index is 2.02. The van der Waals surface area contributed by atoms with Crippen molar-refractivity contribution >= 4 is 23.3 Å². The molecule has 7 nitrogen and oxygen atoms in total. The summed E-state index contributed by atoms with van der Waals surface area (Å²) in [6.07, 6.45) is 0.819. The lowest BCUT2D eigenvalue weighted by Gasteiger charge is -2.17. The normalized spacial score (nSPS) is 10.8. The van der Waals surface area contributed by atoms with Crippen LogP contribution in [0, 0.1) is 13.8 Å². The smallest absolute Gasteiger partial charge is 0.355 e. The molecule has 7 heteroatoms. The van der Waals surface area contributed by atoms with Crippen molar-refractivity contribution < 1.29 is 19.1 Å². The number of benzene rings is 1. The van der Waals surface area contributed by atoms with E-state index in [9.17, 15) is 14.4 Å². The molecule has 1 amide bonds. The summed E-state index contributed by atoms with van der Waals surface area (Å²) < 4.78 is 5.02. The Morgan fingerprint density at radius 1 is 1.10 bits per heavy atom. The first-order chi connectivity index (χ1) is 13.8. The second-order valence-electron chi connectivity index (χ2n) is 7.00. The summed E-state index contributed by atoms with van der Waals surface area (Å²) in [5, 5.41) is 2.90. The lowest BCUT2D eigenvalue weighted by Crippen LogP contribution is -2.34. The summed E-state index contributed by atoms with van der Waals surface area (Å²) in [4.78, 5) is 41.8. The largest absolute Gasteiger partial charge is 0.461 e. The van der Waals surface area contributed by atoms with Crippen LogP contribution in [0.4, 0.5) is 5.69 Å². The van der Waals surface area contributed by atoms with Crippen molar-refractivity contribution in [1.29, 1.82) is 0 Å². The number of amides is 1. The minimum absolute atomic E-state index is 0.0602. The fraction of sp³-hybridized carbons (Fsp3) is 0.409. The van der Waals surface area contributed by atoms with Crippen molar-refractivity contribution in [3.8, 4) is 0 Å². The van der Waals surface area contributed by atoms with Crippen molar-refractivity contribution in [2.24, 2.45) is 0 Å². The van der Waals surface area contributed by atoms with E-state index in [1.807, 2.05) is 31.2 Å². The van der Waals surface area contributed by atoms with Gasteiger partial charge in [-0.3, -0.25) is 14.5 Å². The van der Waals surface area contributed by atoms with Crippen LogP contribution in [0.5, 0.6) is 0 Å². The summed E-state index contributed by atoms with van der Waals surface area (Å²) in [7, 11) is 1.72. The molecule has 0 aliphatic carbocycles. The SMILES string of the molecule is CCOC(=O)c1[nH]c(C)c(C(=O)CN(C)CC(=O)Nc2ccccc2CC)c1C. The first kappa shape index (κ1) is 22.4. The van der Waals surface area contributed by atoms with Crippen molar-refractivity contribution in [2.45, 2.75) is 34.1 Å². The third kappa shape index (κ3) is 5.54. The maximum Gasteiger partial charge on any atom is 0.355 e. The predicted octanol–water partition coefficient (Wildman–Crippen LogP) is 3.12. The number of hydrogen-bond acceptors (Lipinski definition) is 5. The summed E-state index contributed by atoms with van der Waals surface area (Å²) in [5.41, 5.74) is 3.80. The monoisotopic (exact) mass is 399 g/mol. The molecule has 0 aliphatic rings. The number of nitrogens with zero attached hydrogens (tertiary/aromatic N) is 1. The molecule has 1 aromatic carbocycles. The van der Waals surface area contributed by atoms with Gasteiger partial charge in [0.2, 0.25) is 5.91 Å². The van der Waals surface area contributed by atoms with Gasteiger partial charge in [-0.1, -0.05) is 25.1 Å². The van der Waals surface area contributed by atoms with Crippen molar-refractivity contribution in [3.63, 3.8) is 0 Å². The van der Waals surface area contributed by atoms with Crippen LogP contribution in [-0.4, -0.2) is 54.3 Å². The van der Waals surface area contributed by atoms with Crippen LogP contribution in [0.2, 0.25) is 0 Å². The van der Waals surface area contributed by atoms with Crippen LogP contribution in [-0.2, 0) is 16.0 Å². The Morgan fingerprint density at radius 3 is 2.45 bits per heavy atom. The summed E-state index contributed by atoms with van der Waals surface area (Å²) in [6, 6.07) is 7.65. The number of aromatic amines is 1. The van der Waals surface area contributed by atoms with Gasteiger partial charge in [-0.05, 0) is 51.4 Å². The lowest BCUT2D eigenvalue weighted by atomic mass is 10.1. The lowest BCUT2D eigenvalue weighted by molar-refractivity contribution is -0.116. The highest BCUT2D eigenvalue weighted by Gasteiger charge is 2.23. The number of hydrogen-bond donors (Lipinski definition) is 2. The number of aryl methyl sites for hydroxylation is 2. The van der Waals surface area contributed by atoms with Crippen LogP contribution in [0.1, 0.15) is 51.5 Å². The zero-order valence-corrected chi connectivity index (χ0v) is 17.7. The minimum Gasteiger partial charge on any atom is -0.461 e. The van der Waals surface area contributed by atoms with Gasteiger partial charge in [0.25, 0.3) is 0 Å². The number of carbonyl (C=O) groups is 3. The number of aromatic nitrogens is 1. The number of nitrogens with one attached hydrogen (secondary N) is 2. The first-order valence-electron chi connectivity index (χ1n) is 9.74. The van der Waals surface area contributed by atoms with Gasteiger partial charge in [0.15, 0.2) is 5.78 Å². The van der Waals surface area contributed by atoms with Crippen LogP contribution < -0.4 is 5.32 Å². The van der Waals surface area contributed by atoms with Gasteiger partial charge in [0.05, 0.1) is 19.7 Å². The molecule has 1 aromatic heterocycles. The maximum absolute atomic E-state index is 12.8. The number of para-hydroxylation sites is 1. The van der Waals surface area contributed by atoms with Crippen molar-refractivity contribution in [1.82, 2.24) is 9.88 Å². The highest BCUT2D eigenvalue weighted by molar-refractivity contribution is 6.03. The number of ketones is 1. The number of esters is 1. The molecule has 2 rings (SSSR count). The zero-order valence-electron chi connectivity index (χ0n) is 17.7. The van der Waals surface area contributed by atoms with Gasteiger partial charge >= 0.3 is 5.97 Å². The van der Waals surface area contributed by atoms with E-state index in [0.717, 1.165) is 17.7 Å². The molecule has 0 unspecified atom stereocenters. The average molecular weight is 399 g/mol. The van der Waals surface area contributed by atoms with Crippen LogP contribution >= 0.6 is 0 Å². The summed E-state index contributed by atoms with van der Waals surface area (Å²) >= 11 is 0. The molecule has 2 N–H and O–H groups in total. The molecule has 0 atom stereocenters. The molecule has 0 saturated heterocycles. The maximum atomic E-state index is 12.8. The quantitative estimate of drug-likeness (QED) is 0.499. The average Bonchev–Trinajstić information content (AvgIpc) is 2.96. The van der Waals surface area contributed by atoms with Gasteiger partial charge in [-0.2, -0.15) is 0 Å². The van der Waals surface area contributed by atoms with Crippen molar-refractivity contribution in [2.75, 3.05) is 32.1 Å². The molecule has 0 radical (unpaired) electrons. The van der Waals surface area contributed by atoms with E-state index >= 15 is 0 Å². The van der Waals surface area contributed by atoms with Gasteiger partial charge < -0.3 is 15.0 Å². The minimum atomic E-state index is -0.477. The Labute approximate surface area is 171 Å². The standard InChI is InChI=1S/C22H29N3O4/c1-6-16-10-8-9-11-17(16)24-19(27)13-25(5)12-18(26)20-14(3)21(23-15(20)4)22(28)29-7-2/h8-11,23H,6-7,12-13H2,1-5H3,(H,24,27). The topological polar surface area (TPSA) is 91.5 Å². The zero-order chi connectivity index (χ0) is 21.6. The summed E-state index contributed by atoms with van der Waals surface area (Å²) in [6.45, 7) is 7.63. The van der Waals surface area contributed by atoms with E-state index < -0.39 is 5.97 Å². The molecule has 0 spiro atoms. The Bertz CT molecular complexity index is 901. The van der Waals surface area contributed by atoms with E-state index in [-0.39, 0.29) is 31.4 Å². The number of ether oxygens (including phenoxy) is 1. The van der Waals surface area contributed by atoms with E-state index in [2.05, 4.69) is 10.3 Å². The molecular formula is C22H29N3O4. The molecule has 0 bridgehead atoms. The molecule has 2 aromatic rings. The summed E-state index contributed by atoms with van der Waals surface area (Å²) in [5.74, 6) is -0.818. The Morgan fingerprint density at radius 2 is 1.79 bits per heavy atom. The van der Waals surface area contributed by atoms with E-state index in [0.29, 0.717) is 22.5 Å². The predicted molar refractivity (Wildman–Crippen MR) is 113 cm³/mol. The Hall–Kier alpha value is -2.93. The molecule has 29 heavy (non-hydrogen) atoms. The van der Waals surface area contributed by atoms with E-state index in [1.165, 1.54) is 0 Å². The highest BCUT2D eigenvalue weighted by atomic mass is 16.5. The van der Waals surface area contributed by atoms with Crippen LogP contribution in [0.25, 0.3) is 0 Å². The number of carbonyl (C=O) groups excluding carboxylic acids is 3. The van der Waals surface area contributed by atoms with Crippen molar-refractivity contribution in [3.05, 3.63) is 52.3 Å². The number of likely N-dealkylation sites (N-methyl/N-ethyl adjacent to an activating group) is 1. The second-order valence-corrected chi connectivity index (χ2v) is 7.00. The molecule has 156 valence electrons. The Kier molecular flexibility index (Phi) is 7.73. The van der Waals surface area contributed by atoms with Crippen LogP contribution in [0.15, 0.2) is 24.3 Å². The van der Waals surface area contributed by atoms with Crippen LogP contribution in [0.3, 0.4) is 0 Å². The number of Topliss-reactive ketones (excluding diaryl/α,β-unsaturated/α-hetero) is 1. The second kappa shape index (κ2) is 10.0. The number of rotatable bonds is 9. The third-order valence-electron chi connectivity index (χ3n) is 4.70. The fourth-order valence-corrected chi connectivity index (χ4v) is 3.34. The molecule has 1 heterocycles. The van der Waals surface area contributed by atoms with E-state index in [4.69, 9.17) is 4.74 Å². The molecule has 0 fully saturated rings. The van der Waals surface area contributed by atoms with Gasteiger partial charge in [0.1, 0.15) is 5.69 Å². The fourth-order valence-electron chi connectivity index (χ4n) is 3.34. The molecule has 0 saturated carbocycles. The number of anilines is 1. The molecular weight excluding hydrogens is 370 g/mol. The van der Waals surface area contributed by atoms with E-state index in [1.54, 1.807) is 32.7 Å². The van der Waals surface area contributed by atoms with Gasteiger partial charge in [0, 0.05) is 16.9 Å². The third-order valence-corrected chi connectivity index (χ3v) is 4.70. The van der Waals surface area contributed by atoms with Gasteiger partial charge in [-0.15, -0.1) is 0 Å². The van der Waals surface area contributed by atoms with Gasteiger partial charge in [-0.25, -0.2) is 4.79 Å². The number of H-pyrrole nitrogens is 1.